The fraction of sp³-hybridized carbons (Fsp3) is 0.235. The molecular formula is C17H16FN5OS. The lowest BCUT2D eigenvalue weighted by Crippen LogP contribution is -2.44. The van der Waals surface area contributed by atoms with Crippen LogP contribution in [0.2, 0.25) is 0 Å². The van der Waals surface area contributed by atoms with Gasteiger partial charge >= 0.3 is 6.03 Å². The number of fused-ring (bicyclic) bond motifs is 1. The van der Waals surface area contributed by atoms with Crippen molar-refractivity contribution in [2.45, 2.75) is 25.9 Å². The van der Waals surface area contributed by atoms with Gasteiger partial charge in [0, 0.05) is 24.2 Å². The maximum atomic E-state index is 13.5. The summed E-state index contributed by atoms with van der Waals surface area (Å²) in [5.74, 6) is -0.283. The van der Waals surface area contributed by atoms with E-state index in [9.17, 15) is 9.18 Å². The summed E-state index contributed by atoms with van der Waals surface area (Å²) >= 11 is 1.46. The Kier molecular flexibility index (Phi) is 3.96. The monoisotopic (exact) mass is 357 g/mol. The molecule has 128 valence electrons. The third kappa shape index (κ3) is 3.00. The molecule has 1 unspecified atom stereocenters. The van der Waals surface area contributed by atoms with E-state index in [4.69, 9.17) is 0 Å². The van der Waals surface area contributed by atoms with Crippen LogP contribution in [-0.4, -0.2) is 32.2 Å². The number of urea groups is 1. The fourth-order valence-electron chi connectivity index (χ4n) is 3.06. The van der Waals surface area contributed by atoms with Crippen LogP contribution in [0.15, 0.2) is 36.0 Å². The van der Waals surface area contributed by atoms with Crippen LogP contribution in [0.25, 0.3) is 10.7 Å². The summed E-state index contributed by atoms with van der Waals surface area (Å²) in [5, 5.41) is 12.4. The first-order valence-corrected chi connectivity index (χ1v) is 8.78. The fourth-order valence-corrected chi connectivity index (χ4v) is 3.70. The largest absolute Gasteiger partial charge is 0.322 e. The molecule has 1 aliphatic heterocycles. The summed E-state index contributed by atoms with van der Waals surface area (Å²) in [4.78, 5) is 18.7. The van der Waals surface area contributed by atoms with Crippen molar-refractivity contribution < 1.29 is 9.18 Å². The highest BCUT2D eigenvalue weighted by Gasteiger charge is 2.28. The predicted octanol–water partition coefficient (Wildman–Crippen LogP) is 3.65. The molecule has 0 spiro atoms. The lowest BCUT2D eigenvalue weighted by atomic mass is 9.95. The summed E-state index contributed by atoms with van der Waals surface area (Å²) < 4.78 is 13.5. The maximum Gasteiger partial charge on any atom is 0.322 e. The number of benzene rings is 1. The first-order chi connectivity index (χ1) is 12.1. The second kappa shape index (κ2) is 6.29. The van der Waals surface area contributed by atoms with Gasteiger partial charge in [-0.15, -0.1) is 11.3 Å². The molecule has 0 radical (unpaired) electrons. The van der Waals surface area contributed by atoms with Crippen LogP contribution in [-0.2, 0) is 13.0 Å². The molecule has 1 atom stereocenters. The van der Waals surface area contributed by atoms with Gasteiger partial charge in [-0.2, -0.15) is 5.10 Å². The predicted molar refractivity (Wildman–Crippen MR) is 93.8 cm³/mol. The van der Waals surface area contributed by atoms with Crippen LogP contribution in [0.1, 0.15) is 18.1 Å². The zero-order chi connectivity index (χ0) is 17.4. The van der Waals surface area contributed by atoms with Crippen molar-refractivity contribution in [1.82, 2.24) is 20.1 Å². The number of rotatable bonds is 2. The number of H-pyrrole nitrogens is 1. The summed E-state index contributed by atoms with van der Waals surface area (Å²) in [6, 6.07) is 4.55. The highest BCUT2D eigenvalue weighted by molar-refractivity contribution is 7.13. The van der Waals surface area contributed by atoms with E-state index in [1.807, 2.05) is 12.3 Å². The normalized spacial score (nSPS) is 16.6. The Balaban J connectivity index is 1.55. The van der Waals surface area contributed by atoms with Crippen LogP contribution >= 0.6 is 11.3 Å². The van der Waals surface area contributed by atoms with E-state index < -0.39 is 0 Å². The molecule has 1 aromatic carbocycles. The van der Waals surface area contributed by atoms with Gasteiger partial charge in [0.1, 0.15) is 16.5 Å². The second-order valence-corrected chi connectivity index (χ2v) is 6.91. The van der Waals surface area contributed by atoms with E-state index in [1.165, 1.54) is 23.5 Å². The standard InChI is InChI=1S/C17H16FN5OS/c1-10-6-11-2-3-13(18)7-12(11)9-23(10)17(24)21-14-8-20-22-15(14)16-19-4-5-25-16/h2-5,7-8,10H,6,9H2,1H3,(H,20,22)(H,21,24). The van der Waals surface area contributed by atoms with Crippen molar-refractivity contribution in [2.75, 3.05) is 5.32 Å². The number of carbonyl (C=O) groups excluding carboxylic acids is 1. The number of halogens is 1. The molecule has 3 aromatic rings. The molecular weight excluding hydrogens is 341 g/mol. The smallest absolute Gasteiger partial charge is 0.317 e. The van der Waals surface area contributed by atoms with Gasteiger partial charge in [-0.25, -0.2) is 14.2 Å². The molecule has 3 heterocycles. The molecule has 0 saturated heterocycles. The van der Waals surface area contributed by atoms with Crippen LogP contribution in [0.4, 0.5) is 14.9 Å². The minimum absolute atomic E-state index is 0.0215. The van der Waals surface area contributed by atoms with E-state index in [2.05, 4.69) is 20.5 Å². The Morgan fingerprint density at radius 2 is 2.32 bits per heavy atom. The topological polar surface area (TPSA) is 73.9 Å². The summed E-state index contributed by atoms with van der Waals surface area (Å²) in [6.07, 6.45) is 3.97. The van der Waals surface area contributed by atoms with Crippen molar-refractivity contribution in [1.29, 1.82) is 0 Å². The Bertz CT molecular complexity index is 908. The molecule has 6 nitrogen and oxygen atoms in total. The van der Waals surface area contributed by atoms with E-state index in [0.717, 1.165) is 16.1 Å². The Morgan fingerprint density at radius 3 is 3.12 bits per heavy atom. The number of hydrogen-bond acceptors (Lipinski definition) is 4. The summed E-state index contributed by atoms with van der Waals surface area (Å²) in [7, 11) is 0. The van der Waals surface area contributed by atoms with Gasteiger partial charge in [0.05, 0.1) is 11.9 Å². The van der Waals surface area contributed by atoms with Gasteiger partial charge in [0.15, 0.2) is 0 Å². The quantitative estimate of drug-likeness (QED) is 0.735. The summed E-state index contributed by atoms with van der Waals surface area (Å²) in [6.45, 7) is 2.37. The van der Waals surface area contributed by atoms with E-state index in [0.29, 0.717) is 24.3 Å². The van der Waals surface area contributed by atoms with Crippen LogP contribution < -0.4 is 5.32 Å². The molecule has 25 heavy (non-hydrogen) atoms. The number of anilines is 1. The first kappa shape index (κ1) is 15.8. The molecule has 0 bridgehead atoms. The number of nitrogens with zero attached hydrogens (tertiary/aromatic N) is 3. The Morgan fingerprint density at radius 1 is 1.44 bits per heavy atom. The molecule has 8 heteroatoms. The number of carbonyl (C=O) groups is 1. The molecule has 2 N–H and O–H groups in total. The van der Waals surface area contributed by atoms with Gasteiger partial charge in [0.2, 0.25) is 0 Å². The van der Waals surface area contributed by atoms with Crippen LogP contribution in [0, 0.1) is 5.82 Å². The third-order valence-electron chi connectivity index (χ3n) is 4.34. The highest BCUT2D eigenvalue weighted by atomic mass is 32.1. The number of aromatic amines is 1. The average Bonchev–Trinajstić information content (AvgIpc) is 3.25. The molecule has 0 saturated carbocycles. The van der Waals surface area contributed by atoms with E-state index >= 15 is 0 Å². The summed E-state index contributed by atoms with van der Waals surface area (Å²) in [5.41, 5.74) is 3.20. The highest BCUT2D eigenvalue weighted by Crippen LogP contribution is 2.29. The maximum absolute atomic E-state index is 13.5. The van der Waals surface area contributed by atoms with E-state index in [-0.39, 0.29) is 17.9 Å². The Labute approximate surface area is 147 Å². The zero-order valence-electron chi connectivity index (χ0n) is 13.5. The lowest BCUT2D eigenvalue weighted by molar-refractivity contribution is 0.182. The lowest BCUT2D eigenvalue weighted by Gasteiger charge is -2.34. The molecule has 0 fully saturated rings. The molecule has 2 aromatic heterocycles. The number of hydrogen-bond donors (Lipinski definition) is 2. The van der Waals surface area contributed by atoms with Gasteiger partial charge in [-0.1, -0.05) is 6.07 Å². The third-order valence-corrected chi connectivity index (χ3v) is 5.13. The van der Waals surface area contributed by atoms with Crippen molar-refractivity contribution in [3.8, 4) is 10.7 Å². The van der Waals surface area contributed by atoms with Crippen LogP contribution in [0.5, 0.6) is 0 Å². The average molecular weight is 357 g/mol. The number of nitrogens with one attached hydrogen (secondary N) is 2. The van der Waals surface area contributed by atoms with Gasteiger partial charge in [0.25, 0.3) is 0 Å². The first-order valence-electron chi connectivity index (χ1n) is 7.90. The van der Waals surface area contributed by atoms with Gasteiger partial charge in [-0.05, 0) is 36.6 Å². The van der Waals surface area contributed by atoms with Crippen molar-refractivity contribution in [2.24, 2.45) is 0 Å². The minimum atomic E-state index is -0.283. The zero-order valence-corrected chi connectivity index (χ0v) is 14.3. The van der Waals surface area contributed by atoms with Gasteiger partial charge < -0.3 is 10.2 Å². The van der Waals surface area contributed by atoms with E-state index in [1.54, 1.807) is 23.4 Å². The van der Waals surface area contributed by atoms with Gasteiger partial charge in [-0.3, -0.25) is 5.10 Å². The van der Waals surface area contributed by atoms with Crippen molar-refractivity contribution in [3.63, 3.8) is 0 Å². The molecule has 0 aliphatic carbocycles. The minimum Gasteiger partial charge on any atom is -0.317 e. The van der Waals surface area contributed by atoms with Crippen molar-refractivity contribution >= 4 is 23.1 Å². The van der Waals surface area contributed by atoms with Crippen LogP contribution in [0.3, 0.4) is 0 Å². The number of amides is 2. The SMILES string of the molecule is CC1Cc2ccc(F)cc2CN1C(=O)Nc1cn[nH]c1-c1nccs1. The second-order valence-electron chi connectivity index (χ2n) is 6.02. The molecule has 1 aliphatic rings. The number of thiazole rings is 1. The number of aromatic nitrogens is 3. The van der Waals surface area contributed by atoms with Crippen molar-refractivity contribution in [3.05, 3.63) is 52.9 Å². The molecule has 4 rings (SSSR count). The molecule has 2 amide bonds. The Hall–Kier alpha value is -2.74.